The molecule has 3 aromatic rings. The molecule has 25 heavy (non-hydrogen) atoms. The third-order valence-electron chi connectivity index (χ3n) is 3.71. The number of carbonyl (C=O) groups is 1. The van der Waals surface area contributed by atoms with Crippen LogP contribution in [-0.4, -0.2) is 20.1 Å². The second-order valence-corrected chi connectivity index (χ2v) is 7.52. The molecular formula is C20H17NO3S. The van der Waals surface area contributed by atoms with Gasteiger partial charge in [-0.25, -0.2) is 8.42 Å². The van der Waals surface area contributed by atoms with Crippen LogP contribution in [-0.2, 0) is 14.6 Å². The quantitative estimate of drug-likeness (QED) is 0.761. The largest absolute Gasteiger partial charge is 0.325 e. The summed E-state index contributed by atoms with van der Waals surface area (Å²) in [5.74, 6) is -1.16. The SMILES string of the molecule is O=C(CS(=O)(=O)c1ccccc1)Nc1ccccc1-c1ccccc1. The second-order valence-electron chi connectivity index (χ2n) is 5.53. The fourth-order valence-corrected chi connectivity index (χ4v) is 3.69. The lowest BCUT2D eigenvalue weighted by molar-refractivity contribution is -0.113. The summed E-state index contributed by atoms with van der Waals surface area (Å²) in [6, 6.07) is 24.9. The lowest BCUT2D eigenvalue weighted by atomic mass is 10.0. The van der Waals surface area contributed by atoms with Crippen LogP contribution in [0, 0.1) is 0 Å². The Morgan fingerprint density at radius 1 is 0.760 bits per heavy atom. The highest BCUT2D eigenvalue weighted by Crippen LogP contribution is 2.27. The van der Waals surface area contributed by atoms with Crippen LogP contribution in [0.1, 0.15) is 0 Å². The Balaban J connectivity index is 1.81. The smallest absolute Gasteiger partial charge is 0.239 e. The van der Waals surface area contributed by atoms with E-state index in [0.29, 0.717) is 5.69 Å². The van der Waals surface area contributed by atoms with E-state index in [1.165, 1.54) is 12.1 Å². The van der Waals surface area contributed by atoms with Crippen molar-refractivity contribution in [3.05, 3.63) is 84.9 Å². The molecule has 0 bridgehead atoms. The van der Waals surface area contributed by atoms with E-state index in [9.17, 15) is 13.2 Å². The fraction of sp³-hybridized carbons (Fsp3) is 0.0500. The summed E-state index contributed by atoms with van der Waals surface area (Å²) in [6.45, 7) is 0. The van der Waals surface area contributed by atoms with Crippen LogP contribution in [0.15, 0.2) is 89.8 Å². The molecule has 0 aliphatic rings. The molecule has 0 fully saturated rings. The van der Waals surface area contributed by atoms with Gasteiger partial charge in [0, 0.05) is 11.3 Å². The number of sulfone groups is 1. The number of benzene rings is 3. The highest BCUT2D eigenvalue weighted by Gasteiger charge is 2.19. The van der Waals surface area contributed by atoms with Gasteiger partial charge in [0.2, 0.25) is 5.91 Å². The summed E-state index contributed by atoms with van der Waals surface area (Å²) in [7, 11) is -3.67. The Bertz CT molecular complexity index is 968. The van der Waals surface area contributed by atoms with E-state index < -0.39 is 21.5 Å². The number of carbonyl (C=O) groups excluding carboxylic acids is 1. The summed E-state index contributed by atoms with van der Waals surface area (Å²) in [5.41, 5.74) is 2.37. The molecule has 126 valence electrons. The summed E-state index contributed by atoms with van der Waals surface area (Å²) >= 11 is 0. The molecule has 3 aromatic carbocycles. The van der Waals surface area contributed by atoms with Gasteiger partial charge in [-0.05, 0) is 23.8 Å². The average molecular weight is 351 g/mol. The lowest BCUT2D eigenvalue weighted by Gasteiger charge is -2.11. The van der Waals surface area contributed by atoms with E-state index in [1.807, 2.05) is 42.5 Å². The Hall–Kier alpha value is -2.92. The minimum atomic E-state index is -3.67. The predicted octanol–water partition coefficient (Wildman–Crippen LogP) is 3.77. The monoisotopic (exact) mass is 351 g/mol. The number of hydrogen-bond donors (Lipinski definition) is 1. The highest BCUT2D eigenvalue weighted by molar-refractivity contribution is 7.92. The lowest BCUT2D eigenvalue weighted by Crippen LogP contribution is -2.23. The molecule has 0 saturated heterocycles. The molecule has 4 nitrogen and oxygen atoms in total. The molecule has 0 unspecified atom stereocenters. The Morgan fingerprint density at radius 2 is 1.32 bits per heavy atom. The van der Waals surface area contributed by atoms with Gasteiger partial charge in [0.1, 0.15) is 5.75 Å². The molecule has 1 N–H and O–H groups in total. The number of para-hydroxylation sites is 1. The minimum absolute atomic E-state index is 0.140. The van der Waals surface area contributed by atoms with Crippen molar-refractivity contribution in [3.63, 3.8) is 0 Å². The maximum atomic E-state index is 12.3. The first-order chi connectivity index (χ1) is 12.1. The number of rotatable bonds is 5. The average Bonchev–Trinajstić information content (AvgIpc) is 2.63. The Morgan fingerprint density at radius 3 is 2.00 bits per heavy atom. The summed E-state index contributed by atoms with van der Waals surface area (Å²) in [5, 5.41) is 2.72. The molecule has 0 atom stereocenters. The zero-order valence-corrected chi connectivity index (χ0v) is 14.2. The standard InChI is InChI=1S/C20H17NO3S/c22-20(15-25(23,24)17-11-5-2-6-12-17)21-19-14-8-7-13-18(19)16-9-3-1-4-10-16/h1-14H,15H2,(H,21,22). The zero-order chi connectivity index (χ0) is 17.7. The predicted molar refractivity (Wildman–Crippen MR) is 99.0 cm³/mol. The maximum absolute atomic E-state index is 12.3. The van der Waals surface area contributed by atoms with Crippen molar-refractivity contribution < 1.29 is 13.2 Å². The van der Waals surface area contributed by atoms with Crippen molar-refractivity contribution in [2.24, 2.45) is 0 Å². The van der Waals surface area contributed by atoms with Crippen LogP contribution < -0.4 is 5.32 Å². The molecule has 0 heterocycles. The third kappa shape index (κ3) is 4.14. The molecule has 0 radical (unpaired) electrons. The summed E-state index contributed by atoms with van der Waals surface area (Å²) in [4.78, 5) is 12.4. The van der Waals surface area contributed by atoms with Gasteiger partial charge in [-0.2, -0.15) is 0 Å². The number of amides is 1. The van der Waals surface area contributed by atoms with E-state index >= 15 is 0 Å². The molecule has 0 aromatic heterocycles. The van der Waals surface area contributed by atoms with Crippen molar-refractivity contribution in [3.8, 4) is 11.1 Å². The Labute approximate surface area is 147 Å². The van der Waals surface area contributed by atoms with Gasteiger partial charge in [0.05, 0.1) is 4.90 Å². The van der Waals surface area contributed by atoms with Crippen LogP contribution in [0.25, 0.3) is 11.1 Å². The van der Waals surface area contributed by atoms with Gasteiger partial charge >= 0.3 is 0 Å². The number of hydrogen-bond acceptors (Lipinski definition) is 3. The minimum Gasteiger partial charge on any atom is -0.325 e. The molecule has 0 saturated carbocycles. The van der Waals surface area contributed by atoms with E-state index in [1.54, 1.807) is 30.3 Å². The van der Waals surface area contributed by atoms with Gasteiger partial charge < -0.3 is 5.32 Å². The van der Waals surface area contributed by atoms with Crippen molar-refractivity contribution in [1.29, 1.82) is 0 Å². The molecule has 0 aliphatic carbocycles. The first-order valence-corrected chi connectivity index (χ1v) is 9.43. The number of nitrogens with one attached hydrogen (secondary N) is 1. The molecule has 5 heteroatoms. The van der Waals surface area contributed by atoms with Crippen LogP contribution in [0.4, 0.5) is 5.69 Å². The first-order valence-electron chi connectivity index (χ1n) is 7.78. The molecule has 0 aliphatic heterocycles. The summed E-state index contributed by atoms with van der Waals surface area (Å²) < 4.78 is 24.7. The Kier molecular flexibility index (Phi) is 4.95. The van der Waals surface area contributed by atoms with Crippen LogP contribution >= 0.6 is 0 Å². The normalized spacial score (nSPS) is 11.0. The zero-order valence-electron chi connectivity index (χ0n) is 13.4. The van der Waals surface area contributed by atoms with Crippen LogP contribution in [0.5, 0.6) is 0 Å². The summed E-state index contributed by atoms with van der Waals surface area (Å²) in [6.07, 6.45) is 0. The van der Waals surface area contributed by atoms with Crippen molar-refractivity contribution in [2.75, 3.05) is 11.1 Å². The van der Waals surface area contributed by atoms with Crippen molar-refractivity contribution >= 4 is 21.4 Å². The van der Waals surface area contributed by atoms with Crippen LogP contribution in [0.2, 0.25) is 0 Å². The van der Waals surface area contributed by atoms with Crippen LogP contribution in [0.3, 0.4) is 0 Å². The third-order valence-corrected chi connectivity index (χ3v) is 5.34. The second kappa shape index (κ2) is 7.32. The molecule has 1 amide bonds. The van der Waals surface area contributed by atoms with Gasteiger partial charge in [-0.15, -0.1) is 0 Å². The van der Waals surface area contributed by atoms with E-state index in [0.717, 1.165) is 11.1 Å². The molecule has 3 rings (SSSR count). The van der Waals surface area contributed by atoms with E-state index in [2.05, 4.69) is 5.32 Å². The maximum Gasteiger partial charge on any atom is 0.239 e. The molecular weight excluding hydrogens is 334 g/mol. The molecule has 0 spiro atoms. The first kappa shape index (κ1) is 16.9. The van der Waals surface area contributed by atoms with Gasteiger partial charge in [0.15, 0.2) is 9.84 Å². The topological polar surface area (TPSA) is 63.2 Å². The van der Waals surface area contributed by atoms with Crippen molar-refractivity contribution in [1.82, 2.24) is 0 Å². The van der Waals surface area contributed by atoms with Gasteiger partial charge in [0.25, 0.3) is 0 Å². The highest BCUT2D eigenvalue weighted by atomic mass is 32.2. The van der Waals surface area contributed by atoms with Gasteiger partial charge in [-0.1, -0.05) is 66.7 Å². The fourth-order valence-electron chi connectivity index (χ4n) is 2.53. The van der Waals surface area contributed by atoms with E-state index in [4.69, 9.17) is 0 Å². The van der Waals surface area contributed by atoms with Crippen molar-refractivity contribution in [2.45, 2.75) is 4.90 Å². The van der Waals surface area contributed by atoms with Gasteiger partial charge in [-0.3, -0.25) is 4.79 Å². The number of anilines is 1. The van der Waals surface area contributed by atoms with E-state index in [-0.39, 0.29) is 4.90 Å².